The fourth-order valence-corrected chi connectivity index (χ4v) is 3.73. The molecule has 3 rings (SSSR count). The molecule has 0 radical (unpaired) electrons. The van der Waals surface area contributed by atoms with Crippen molar-refractivity contribution in [3.05, 3.63) is 95.6 Å². The lowest BCUT2D eigenvalue weighted by Crippen LogP contribution is -2.32. The molecule has 0 aliphatic carbocycles. The maximum Gasteiger partial charge on any atom is 0.320 e. The Kier molecular flexibility index (Phi) is 7.79. The lowest BCUT2D eigenvalue weighted by molar-refractivity contribution is -0.138. The molecule has 4 N–H and O–H groups in total. The first-order valence-electron chi connectivity index (χ1n) is 10.9. The molecule has 0 aliphatic rings. The SMILES string of the molecule is CC(C)C(CNC(=O)c1ccc(CC(N)C(=O)O)cc1)c1ccc(-c2ccccc2)cc1. The van der Waals surface area contributed by atoms with Gasteiger partial charge in [0.25, 0.3) is 5.91 Å². The van der Waals surface area contributed by atoms with Gasteiger partial charge in [-0.05, 0) is 46.7 Å². The van der Waals surface area contributed by atoms with Crippen LogP contribution in [-0.2, 0) is 11.2 Å². The summed E-state index contributed by atoms with van der Waals surface area (Å²) in [5.74, 6) is -0.636. The molecule has 1 amide bonds. The van der Waals surface area contributed by atoms with Crippen molar-refractivity contribution >= 4 is 11.9 Å². The van der Waals surface area contributed by atoms with Gasteiger partial charge in [0.05, 0.1) is 0 Å². The van der Waals surface area contributed by atoms with Crippen LogP contribution in [0.4, 0.5) is 0 Å². The van der Waals surface area contributed by atoms with Crippen molar-refractivity contribution < 1.29 is 14.7 Å². The van der Waals surface area contributed by atoms with E-state index in [4.69, 9.17) is 10.8 Å². The van der Waals surface area contributed by atoms with Gasteiger partial charge >= 0.3 is 5.97 Å². The average molecular weight is 431 g/mol. The number of hydrogen-bond acceptors (Lipinski definition) is 3. The Hall–Kier alpha value is -3.44. The van der Waals surface area contributed by atoms with Crippen LogP contribution in [0, 0.1) is 5.92 Å². The van der Waals surface area contributed by atoms with Crippen molar-refractivity contribution in [2.24, 2.45) is 11.7 Å². The van der Waals surface area contributed by atoms with Gasteiger partial charge in [0.1, 0.15) is 6.04 Å². The van der Waals surface area contributed by atoms with Gasteiger partial charge in [0, 0.05) is 18.0 Å². The molecule has 0 saturated carbocycles. The first kappa shape index (κ1) is 23.2. The standard InChI is InChI=1S/C27H30N2O3/c1-18(2)24(22-14-12-21(13-15-22)20-6-4-3-5-7-20)17-29-26(30)23-10-8-19(9-11-23)16-25(28)27(31)32/h3-15,18,24-25H,16-17,28H2,1-2H3,(H,29,30)(H,31,32). The van der Waals surface area contributed by atoms with Crippen molar-refractivity contribution in [2.75, 3.05) is 6.54 Å². The summed E-state index contributed by atoms with van der Waals surface area (Å²) in [6, 6.07) is 24.8. The first-order chi connectivity index (χ1) is 15.3. The molecule has 0 saturated heterocycles. The monoisotopic (exact) mass is 430 g/mol. The highest BCUT2D eigenvalue weighted by Crippen LogP contribution is 2.27. The molecule has 0 aliphatic heterocycles. The second kappa shape index (κ2) is 10.7. The Balaban J connectivity index is 1.63. The molecule has 2 atom stereocenters. The molecule has 5 heteroatoms. The molecule has 32 heavy (non-hydrogen) atoms. The zero-order valence-electron chi connectivity index (χ0n) is 18.5. The average Bonchev–Trinajstić information content (AvgIpc) is 2.80. The number of carboxylic acid groups (broad SMARTS) is 1. The van der Waals surface area contributed by atoms with E-state index < -0.39 is 12.0 Å². The number of hydrogen-bond donors (Lipinski definition) is 3. The van der Waals surface area contributed by atoms with Crippen molar-refractivity contribution in [3.63, 3.8) is 0 Å². The molecular weight excluding hydrogens is 400 g/mol. The predicted molar refractivity (Wildman–Crippen MR) is 128 cm³/mol. The van der Waals surface area contributed by atoms with E-state index in [0.29, 0.717) is 18.0 Å². The van der Waals surface area contributed by atoms with Crippen molar-refractivity contribution in [3.8, 4) is 11.1 Å². The smallest absolute Gasteiger partial charge is 0.320 e. The van der Waals surface area contributed by atoms with Gasteiger partial charge in [-0.25, -0.2) is 0 Å². The number of carbonyl (C=O) groups excluding carboxylic acids is 1. The van der Waals surface area contributed by atoms with Crippen LogP contribution in [-0.4, -0.2) is 29.6 Å². The number of carbonyl (C=O) groups is 2. The topological polar surface area (TPSA) is 92.4 Å². The molecule has 3 aromatic carbocycles. The van der Waals surface area contributed by atoms with Gasteiger partial charge in [0.15, 0.2) is 0 Å². The Morgan fingerprint density at radius 2 is 1.47 bits per heavy atom. The summed E-state index contributed by atoms with van der Waals surface area (Å²) in [6.45, 7) is 4.84. The summed E-state index contributed by atoms with van der Waals surface area (Å²) in [5.41, 5.74) is 10.4. The number of nitrogens with one attached hydrogen (secondary N) is 1. The zero-order valence-corrected chi connectivity index (χ0v) is 18.5. The third kappa shape index (κ3) is 6.05. The van der Waals surface area contributed by atoms with Crippen LogP contribution in [0.5, 0.6) is 0 Å². The molecule has 0 bridgehead atoms. The van der Waals surface area contributed by atoms with E-state index >= 15 is 0 Å². The lowest BCUT2D eigenvalue weighted by atomic mass is 9.87. The minimum Gasteiger partial charge on any atom is -0.480 e. The van der Waals surface area contributed by atoms with Crippen LogP contribution in [0.25, 0.3) is 11.1 Å². The van der Waals surface area contributed by atoms with Crippen molar-refractivity contribution in [2.45, 2.75) is 32.2 Å². The molecule has 2 unspecified atom stereocenters. The predicted octanol–water partition coefficient (Wildman–Crippen LogP) is 4.48. The normalized spacial score (nSPS) is 12.9. The van der Waals surface area contributed by atoms with Crippen molar-refractivity contribution in [1.29, 1.82) is 0 Å². The Morgan fingerprint density at radius 3 is 2.03 bits per heavy atom. The summed E-state index contributed by atoms with van der Waals surface area (Å²) in [6.07, 6.45) is 0.228. The number of benzene rings is 3. The molecule has 3 aromatic rings. The van der Waals surface area contributed by atoms with Crippen LogP contribution < -0.4 is 11.1 Å². The summed E-state index contributed by atoms with van der Waals surface area (Å²) in [7, 11) is 0. The highest BCUT2D eigenvalue weighted by atomic mass is 16.4. The van der Waals surface area contributed by atoms with Crippen LogP contribution in [0.2, 0.25) is 0 Å². The van der Waals surface area contributed by atoms with E-state index in [-0.39, 0.29) is 18.2 Å². The van der Waals surface area contributed by atoms with E-state index in [2.05, 4.69) is 55.6 Å². The molecule has 0 spiro atoms. The quantitative estimate of drug-likeness (QED) is 0.467. The zero-order chi connectivity index (χ0) is 23.1. The second-order valence-electron chi connectivity index (χ2n) is 8.39. The summed E-state index contributed by atoms with van der Waals surface area (Å²) in [4.78, 5) is 23.6. The minimum absolute atomic E-state index is 0.148. The van der Waals surface area contributed by atoms with Gasteiger partial charge in [-0.15, -0.1) is 0 Å². The molecular formula is C27H30N2O3. The van der Waals surface area contributed by atoms with Gasteiger partial charge in [0.2, 0.25) is 0 Å². The van der Waals surface area contributed by atoms with E-state index in [1.54, 1.807) is 24.3 Å². The third-order valence-electron chi connectivity index (χ3n) is 5.72. The minimum atomic E-state index is -1.04. The van der Waals surface area contributed by atoms with E-state index in [9.17, 15) is 9.59 Å². The highest BCUT2D eigenvalue weighted by Gasteiger charge is 2.18. The van der Waals surface area contributed by atoms with Crippen LogP contribution in [0.3, 0.4) is 0 Å². The third-order valence-corrected chi connectivity index (χ3v) is 5.72. The fourth-order valence-electron chi connectivity index (χ4n) is 3.73. The van der Waals surface area contributed by atoms with Crippen LogP contribution in [0.1, 0.15) is 41.3 Å². The largest absolute Gasteiger partial charge is 0.480 e. The number of carboxylic acids is 1. The van der Waals surface area contributed by atoms with E-state index in [0.717, 1.165) is 5.56 Å². The van der Waals surface area contributed by atoms with Gasteiger partial charge < -0.3 is 16.2 Å². The Bertz CT molecular complexity index is 1030. The van der Waals surface area contributed by atoms with Crippen LogP contribution in [0.15, 0.2) is 78.9 Å². The van der Waals surface area contributed by atoms with E-state index in [1.165, 1.54) is 16.7 Å². The molecule has 0 aromatic heterocycles. The first-order valence-corrected chi connectivity index (χ1v) is 10.9. The molecule has 5 nitrogen and oxygen atoms in total. The number of nitrogens with two attached hydrogens (primary N) is 1. The maximum atomic E-state index is 12.7. The number of aliphatic carboxylic acids is 1. The Morgan fingerprint density at radius 1 is 0.875 bits per heavy atom. The summed E-state index contributed by atoms with van der Waals surface area (Å²) >= 11 is 0. The van der Waals surface area contributed by atoms with Gasteiger partial charge in [-0.1, -0.05) is 80.6 Å². The highest BCUT2D eigenvalue weighted by molar-refractivity contribution is 5.94. The number of amides is 1. The molecule has 0 fully saturated rings. The van der Waals surface area contributed by atoms with Gasteiger partial charge in [-0.2, -0.15) is 0 Å². The summed E-state index contributed by atoms with van der Waals surface area (Å²) < 4.78 is 0. The Labute approximate surface area is 189 Å². The molecule has 0 heterocycles. The van der Waals surface area contributed by atoms with Crippen molar-refractivity contribution in [1.82, 2.24) is 5.32 Å². The summed E-state index contributed by atoms with van der Waals surface area (Å²) in [5, 5.41) is 12.0. The fraction of sp³-hybridized carbons (Fsp3) is 0.259. The molecule has 166 valence electrons. The van der Waals surface area contributed by atoms with E-state index in [1.807, 2.05) is 18.2 Å². The maximum absolute atomic E-state index is 12.7. The second-order valence-corrected chi connectivity index (χ2v) is 8.39. The number of rotatable bonds is 9. The lowest BCUT2D eigenvalue weighted by Gasteiger charge is -2.22. The van der Waals surface area contributed by atoms with Gasteiger partial charge in [-0.3, -0.25) is 9.59 Å². The van der Waals surface area contributed by atoms with Crippen LogP contribution >= 0.6 is 0 Å².